The lowest BCUT2D eigenvalue weighted by Crippen LogP contribution is -2.33. The molecule has 2 aromatic rings. The molecule has 1 atom stereocenters. The van der Waals surface area contributed by atoms with Crippen molar-refractivity contribution >= 4 is 23.2 Å². The molecule has 5 heteroatoms. The average molecular weight is 347 g/mol. The highest BCUT2D eigenvalue weighted by Crippen LogP contribution is 2.27. The molecule has 128 valence electrons. The molecule has 24 heavy (non-hydrogen) atoms. The summed E-state index contributed by atoms with van der Waals surface area (Å²) in [5.74, 6) is 0.838. The predicted octanol–water partition coefficient (Wildman–Crippen LogP) is 4.27. The van der Waals surface area contributed by atoms with E-state index in [1.165, 1.54) is 5.56 Å². The summed E-state index contributed by atoms with van der Waals surface area (Å²) in [6.07, 6.45) is 0. The molecular formula is C19H23ClN2O2. The summed E-state index contributed by atoms with van der Waals surface area (Å²) in [5, 5.41) is 6.63. The van der Waals surface area contributed by atoms with E-state index in [0.29, 0.717) is 22.4 Å². The number of rotatable bonds is 7. The fraction of sp³-hybridized carbons (Fsp3) is 0.316. The number of hydrogen-bond donors (Lipinski definition) is 2. The molecule has 0 radical (unpaired) electrons. The van der Waals surface area contributed by atoms with E-state index in [1.54, 1.807) is 25.3 Å². The fourth-order valence-electron chi connectivity index (χ4n) is 2.55. The van der Waals surface area contributed by atoms with Crippen LogP contribution in [0.4, 0.5) is 5.69 Å². The molecule has 4 nitrogen and oxygen atoms in total. The number of anilines is 1. The first-order valence-electron chi connectivity index (χ1n) is 7.93. The monoisotopic (exact) mass is 346 g/mol. The Kier molecular flexibility index (Phi) is 6.64. The molecule has 1 amide bonds. The summed E-state index contributed by atoms with van der Waals surface area (Å²) in [7, 11) is 1.55. The van der Waals surface area contributed by atoms with Gasteiger partial charge in [0.2, 0.25) is 5.91 Å². The van der Waals surface area contributed by atoms with Crippen LogP contribution in [0.2, 0.25) is 5.02 Å². The molecule has 0 saturated heterocycles. The second-order valence-electron chi connectivity index (χ2n) is 5.91. The summed E-state index contributed by atoms with van der Waals surface area (Å²) < 4.78 is 5.10. The van der Waals surface area contributed by atoms with E-state index < -0.39 is 0 Å². The highest BCUT2D eigenvalue weighted by molar-refractivity contribution is 6.32. The summed E-state index contributed by atoms with van der Waals surface area (Å²) >= 11 is 6.07. The molecule has 2 N–H and O–H groups in total. The van der Waals surface area contributed by atoms with Crippen molar-refractivity contribution in [3.63, 3.8) is 0 Å². The molecule has 0 spiro atoms. The van der Waals surface area contributed by atoms with Gasteiger partial charge in [0, 0.05) is 11.7 Å². The Morgan fingerprint density at radius 2 is 1.88 bits per heavy atom. The van der Waals surface area contributed by atoms with Crippen LogP contribution in [0.1, 0.15) is 25.5 Å². The first-order chi connectivity index (χ1) is 11.5. The number of amides is 1. The minimum Gasteiger partial charge on any atom is -0.495 e. The molecule has 2 rings (SSSR count). The SMILES string of the molecule is COc1ccc(NC(=O)CN[C@@H](c2ccccc2)C(C)C)cc1Cl. The second-order valence-corrected chi connectivity index (χ2v) is 6.32. The van der Waals surface area contributed by atoms with Crippen molar-refractivity contribution in [2.75, 3.05) is 19.0 Å². The van der Waals surface area contributed by atoms with Crippen molar-refractivity contribution in [2.45, 2.75) is 19.9 Å². The average Bonchev–Trinajstić information content (AvgIpc) is 2.56. The van der Waals surface area contributed by atoms with E-state index in [9.17, 15) is 4.79 Å². The minimum atomic E-state index is -0.113. The molecule has 0 aromatic heterocycles. The predicted molar refractivity (Wildman–Crippen MR) is 98.7 cm³/mol. The zero-order chi connectivity index (χ0) is 17.5. The maximum atomic E-state index is 12.2. The third-order valence-electron chi connectivity index (χ3n) is 3.74. The number of halogens is 1. The van der Waals surface area contributed by atoms with Crippen molar-refractivity contribution in [1.29, 1.82) is 0 Å². The van der Waals surface area contributed by atoms with E-state index >= 15 is 0 Å². The number of carbonyl (C=O) groups excluding carboxylic acids is 1. The number of methoxy groups -OCH3 is 1. The fourth-order valence-corrected chi connectivity index (χ4v) is 2.81. The highest BCUT2D eigenvalue weighted by Gasteiger charge is 2.16. The molecule has 0 bridgehead atoms. The van der Waals surface area contributed by atoms with Gasteiger partial charge in [0.1, 0.15) is 5.75 Å². The summed E-state index contributed by atoms with van der Waals surface area (Å²) in [6, 6.07) is 15.4. The van der Waals surface area contributed by atoms with Crippen LogP contribution in [0, 0.1) is 5.92 Å². The van der Waals surface area contributed by atoms with Crippen molar-refractivity contribution < 1.29 is 9.53 Å². The van der Waals surface area contributed by atoms with Gasteiger partial charge in [-0.1, -0.05) is 55.8 Å². The van der Waals surface area contributed by atoms with E-state index in [2.05, 4.69) is 36.6 Å². The van der Waals surface area contributed by atoms with Gasteiger partial charge in [0.15, 0.2) is 0 Å². The van der Waals surface area contributed by atoms with E-state index in [4.69, 9.17) is 16.3 Å². The smallest absolute Gasteiger partial charge is 0.238 e. The van der Waals surface area contributed by atoms with Crippen molar-refractivity contribution in [3.8, 4) is 5.75 Å². The molecule has 0 aliphatic heterocycles. The third-order valence-corrected chi connectivity index (χ3v) is 4.04. The van der Waals surface area contributed by atoms with Gasteiger partial charge in [-0.3, -0.25) is 4.79 Å². The Morgan fingerprint density at radius 3 is 2.46 bits per heavy atom. The Labute approximate surface area is 148 Å². The van der Waals surface area contributed by atoms with E-state index in [1.807, 2.05) is 18.2 Å². The van der Waals surface area contributed by atoms with Crippen LogP contribution in [0.25, 0.3) is 0 Å². The van der Waals surface area contributed by atoms with Crippen LogP contribution >= 0.6 is 11.6 Å². The van der Waals surface area contributed by atoms with Gasteiger partial charge < -0.3 is 15.4 Å². The van der Waals surface area contributed by atoms with Crippen LogP contribution < -0.4 is 15.4 Å². The van der Waals surface area contributed by atoms with Crippen molar-refractivity contribution in [1.82, 2.24) is 5.32 Å². The molecule has 0 fully saturated rings. The molecule has 0 aliphatic rings. The number of benzene rings is 2. The van der Waals surface area contributed by atoms with Gasteiger partial charge in [-0.2, -0.15) is 0 Å². The summed E-state index contributed by atoms with van der Waals surface area (Å²) in [6.45, 7) is 4.49. The highest BCUT2D eigenvalue weighted by atomic mass is 35.5. The molecule has 0 heterocycles. The lowest BCUT2D eigenvalue weighted by atomic mass is 9.96. The quantitative estimate of drug-likeness (QED) is 0.787. The molecule has 0 aliphatic carbocycles. The normalized spacial score (nSPS) is 12.0. The molecule has 0 unspecified atom stereocenters. The summed E-state index contributed by atoms with van der Waals surface area (Å²) in [4.78, 5) is 12.2. The Morgan fingerprint density at radius 1 is 1.17 bits per heavy atom. The zero-order valence-corrected chi connectivity index (χ0v) is 14.9. The van der Waals surface area contributed by atoms with E-state index in [0.717, 1.165) is 0 Å². The lowest BCUT2D eigenvalue weighted by molar-refractivity contribution is -0.115. The van der Waals surface area contributed by atoms with Gasteiger partial charge in [-0.15, -0.1) is 0 Å². The maximum absolute atomic E-state index is 12.2. The summed E-state index contributed by atoms with van der Waals surface area (Å²) in [5.41, 5.74) is 1.82. The van der Waals surface area contributed by atoms with Gasteiger partial charge >= 0.3 is 0 Å². The number of nitrogens with one attached hydrogen (secondary N) is 2. The number of hydrogen-bond acceptors (Lipinski definition) is 3. The largest absolute Gasteiger partial charge is 0.495 e. The van der Waals surface area contributed by atoms with Crippen molar-refractivity contribution in [2.24, 2.45) is 5.92 Å². The minimum absolute atomic E-state index is 0.113. The number of carbonyl (C=O) groups is 1. The standard InChI is InChI=1S/C19H23ClN2O2/c1-13(2)19(14-7-5-4-6-8-14)21-12-18(23)22-15-9-10-17(24-3)16(20)11-15/h4-11,13,19,21H,12H2,1-3H3,(H,22,23)/t19-/m1/s1. The van der Waals surface area contributed by atoms with Crippen LogP contribution in [0.3, 0.4) is 0 Å². The van der Waals surface area contributed by atoms with E-state index in [-0.39, 0.29) is 18.5 Å². The first-order valence-corrected chi connectivity index (χ1v) is 8.30. The van der Waals surface area contributed by atoms with Gasteiger partial charge in [-0.05, 0) is 29.7 Å². The van der Waals surface area contributed by atoms with Crippen LogP contribution in [0.5, 0.6) is 5.75 Å². The first kappa shape index (κ1) is 18.3. The zero-order valence-electron chi connectivity index (χ0n) is 14.2. The van der Waals surface area contributed by atoms with Gasteiger partial charge in [0.25, 0.3) is 0 Å². The van der Waals surface area contributed by atoms with Crippen LogP contribution in [-0.2, 0) is 4.79 Å². The van der Waals surface area contributed by atoms with Crippen molar-refractivity contribution in [3.05, 3.63) is 59.1 Å². The maximum Gasteiger partial charge on any atom is 0.238 e. The Bertz CT molecular complexity index is 674. The van der Waals surface area contributed by atoms with Gasteiger partial charge in [0.05, 0.1) is 18.7 Å². The number of ether oxygens (including phenoxy) is 1. The molecule has 0 saturated carbocycles. The van der Waals surface area contributed by atoms with Crippen LogP contribution in [0.15, 0.2) is 48.5 Å². The second kappa shape index (κ2) is 8.71. The molecule has 2 aromatic carbocycles. The Balaban J connectivity index is 1.95. The topological polar surface area (TPSA) is 50.4 Å². The van der Waals surface area contributed by atoms with Gasteiger partial charge in [-0.25, -0.2) is 0 Å². The van der Waals surface area contributed by atoms with Crippen LogP contribution in [-0.4, -0.2) is 19.6 Å². The lowest BCUT2D eigenvalue weighted by Gasteiger charge is -2.22. The third kappa shape index (κ3) is 4.98. The molecular weight excluding hydrogens is 324 g/mol. The Hall–Kier alpha value is -2.04.